The van der Waals surface area contributed by atoms with Gasteiger partial charge in [-0.1, -0.05) is 63.2 Å². The third-order valence-electron chi connectivity index (χ3n) is 8.61. The van der Waals surface area contributed by atoms with Gasteiger partial charge in [-0.3, -0.25) is 9.36 Å². The van der Waals surface area contributed by atoms with Crippen LogP contribution in [0.1, 0.15) is 67.6 Å². The lowest BCUT2D eigenvalue weighted by molar-refractivity contribution is 0.184. The number of benzene rings is 2. The number of hydrogen-bond acceptors (Lipinski definition) is 5. The van der Waals surface area contributed by atoms with Crippen LogP contribution in [-0.4, -0.2) is 47.5 Å². The summed E-state index contributed by atoms with van der Waals surface area (Å²) in [6, 6.07) is 19.4. The summed E-state index contributed by atoms with van der Waals surface area (Å²) in [7, 11) is 0. The normalized spacial score (nSPS) is 16.3. The first-order valence-corrected chi connectivity index (χ1v) is 14.9. The Morgan fingerprint density at radius 3 is 2.55 bits per heavy atom. The van der Waals surface area contributed by atoms with Gasteiger partial charge in [0.2, 0.25) is 0 Å². The first kappa shape index (κ1) is 26.6. The molecular formula is C34H37N7O. The summed E-state index contributed by atoms with van der Waals surface area (Å²) >= 11 is 0. The van der Waals surface area contributed by atoms with E-state index in [2.05, 4.69) is 104 Å². The third kappa shape index (κ3) is 4.60. The number of rotatable bonds is 7. The zero-order valence-corrected chi connectivity index (χ0v) is 25.0. The molecule has 1 unspecified atom stereocenters. The minimum absolute atomic E-state index is 0.269. The fourth-order valence-electron chi connectivity index (χ4n) is 6.38. The lowest BCUT2D eigenvalue weighted by Crippen LogP contribution is -2.08. The predicted octanol–water partition coefficient (Wildman–Crippen LogP) is 7.14. The second-order valence-electron chi connectivity index (χ2n) is 11.9. The molecule has 0 saturated carbocycles. The summed E-state index contributed by atoms with van der Waals surface area (Å²) in [5.74, 6) is 0.645. The van der Waals surface area contributed by atoms with Crippen molar-refractivity contribution in [1.82, 2.24) is 34.3 Å². The summed E-state index contributed by atoms with van der Waals surface area (Å²) < 4.78 is 11.8. The van der Waals surface area contributed by atoms with Crippen LogP contribution in [0.3, 0.4) is 0 Å². The Balaban J connectivity index is 1.30. The van der Waals surface area contributed by atoms with Gasteiger partial charge < -0.3 is 4.74 Å². The van der Waals surface area contributed by atoms with E-state index in [-0.39, 0.29) is 6.04 Å². The Labute approximate surface area is 245 Å². The standard InChI is InChI=1S/C34H37N7O/c1-21(2)32-24(5)41(31-16-26-18-40(27-14-15-42-20-27)38-34(26)35-23(31)4)37-33(32)28-12-9-13-30-29(28)19-39(36-30)17-22(3)25-10-7-6-8-11-25/h6-13,16,18-19,21-22,27H,14-15,17,20H2,1-5H3/t22-,27?/m0/s1. The van der Waals surface area contributed by atoms with Crippen molar-refractivity contribution in [2.24, 2.45) is 0 Å². The van der Waals surface area contributed by atoms with Crippen LogP contribution in [-0.2, 0) is 11.3 Å². The molecule has 1 saturated heterocycles. The molecule has 42 heavy (non-hydrogen) atoms. The van der Waals surface area contributed by atoms with Gasteiger partial charge in [-0.25, -0.2) is 9.67 Å². The molecule has 0 radical (unpaired) electrons. The van der Waals surface area contributed by atoms with E-state index in [9.17, 15) is 0 Å². The summed E-state index contributed by atoms with van der Waals surface area (Å²) in [5, 5.41) is 17.2. The fraction of sp³-hybridized carbons (Fsp3) is 0.353. The van der Waals surface area contributed by atoms with Gasteiger partial charge in [-0.2, -0.15) is 15.3 Å². The number of hydrogen-bond donors (Lipinski definition) is 0. The van der Waals surface area contributed by atoms with Crippen LogP contribution in [0.2, 0.25) is 0 Å². The Hall–Kier alpha value is -4.30. The van der Waals surface area contributed by atoms with E-state index < -0.39 is 0 Å². The molecule has 4 aromatic heterocycles. The minimum Gasteiger partial charge on any atom is -0.379 e. The maximum Gasteiger partial charge on any atom is 0.181 e. The number of nitrogens with zero attached hydrogens (tertiary/aromatic N) is 7. The van der Waals surface area contributed by atoms with E-state index in [1.54, 1.807) is 0 Å². The minimum atomic E-state index is 0.269. The predicted molar refractivity (Wildman–Crippen MR) is 166 cm³/mol. The maximum atomic E-state index is 5.59. The van der Waals surface area contributed by atoms with E-state index in [4.69, 9.17) is 25.0 Å². The summed E-state index contributed by atoms with van der Waals surface area (Å²) in [5.41, 5.74) is 9.43. The highest BCUT2D eigenvalue weighted by Crippen LogP contribution is 2.37. The molecule has 214 valence electrons. The summed E-state index contributed by atoms with van der Waals surface area (Å²) in [6.45, 7) is 13.2. The second-order valence-corrected chi connectivity index (χ2v) is 11.9. The van der Waals surface area contributed by atoms with Gasteiger partial charge in [0.15, 0.2) is 5.65 Å². The zero-order valence-electron chi connectivity index (χ0n) is 25.0. The highest BCUT2D eigenvalue weighted by Gasteiger charge is 2.24. The quantitative estimate of drug-likeness (QED) is 0.208. The molecule has 8 heteroatoms. The van der Waals surface area contributed by atoms with Crippen LogP contribution in [0.4, 0.5) is 0 Å². The average Bonchev–Trinajstić information content (AvgIpc) is 3.78. The second kappa shape index (κ2) is 10.5. The smallest absolute Gasteiger partial charge is 0.181 e. The van der Waals surface area contributed by atoms with Gasteiger partial charge in [-0.05, 0) is 43.9 Å². The van der Waals surface area contributed by atoms with Gasteiger partial charge in [0.1, 0.15) is 0 Å². The van der Waals surface area contributed by atoms with Crippen LogP contribution in [0.25, 0.3) is 38.9 Å². The van der Waals surface area contributed by atoms with Gasteiger partial charge in [0.25, 0.3) is 0 Å². The van der Waals surface area contributed by atoms with E-state index in [1.165, 1.54) is 11.1 Å². The van der Waals surface area contributed by atoms with E-state index in [1.807, 2.05) is 11.6 Å². The molecule has 8 nitrogen and oxygen atoms in total. The van der Waals surface area contributed by atoms with Crippen molar-refractivity contribution in [2.45, 2.75) is 65.5 Å². The summed E-state index contributed by atoms with van der Waals surface area (Å²) in [4.78, 5) is 4.90. The molecule has 0 spiro atoms. The summed E-state index contributed by atoms with van der Waals surface area (Å²) in [6.07, 6.45) is 5.26. The molecule has 7 rings (SSSR count). The van der Waals surface area contributed by atoms with Gasteiger partial charge in [0, 0.05) is 59.1 Å². The van der Waals surface area contributed by atoms with Crippen molar-refractivity contribution in [3.8, 4) is 16.9 Å². The van der Waals surface area contributed by atoms with Gasteiger partial charge >= 0.3 is 0 Å². The van der Waals surface area contributed by atoms with E-state index >= 15 is 0 Å². The number of aromatic nitrogens is 7. The molecule has 0 aliphatic carbocycles. The van der Waals surface area contributed by atoms with Gasteiger partial charge in [-0.15, -0.1) is 0 Å². The van der Waals surface area contributed by atoms with Crippen molar-refractivity contribution in [2.75, 3.05) is 13.2 Å². The Kier molecular flexibility index (Phi) is 6.66. The molecule has 0 N–H and O–H groups in total. The van der Waals surface area contributed by atoms with Crippen LogP contribution < -0.4 is 0 Å². The Morgan fingerprint density at radius 1 is 0.952 bits per heavy atom. The van der Waals surface area contributed by atoms with Crippen molar-refractivity contribution in [1.29, 1.82) is 0 Å². The number of ether oxygens (including phenoxy) is 1. The first-order valence-electron chi connectivity index (χ1n) is 14.9. The Bertz CT molecular complexity index is 1890. The molecule has 2 aromatic carbocycles. The first-order chi connectivity index (χ1) is 20.4. The van der Waals surface area contributed by atoms with Crippen LogP contribution >= 0.6 is 0 Å². The molecular weight excluding hydrogens is 522 g/mol. The lowest BCUT2D eigenvalue weighted by Gasteiger charge is -2.11. The SMILES string of the molecule is Cc1nc2nn(C3CCOC3)cc2cc1-n1nc(-c2cccc3nn(C[C@H](C)c4ccccc4)cc23)c(C(C)C)c1C. The van der Waals surface area contributed by atoms with Crippen molar-refractivity contribution in [3.05, 3.63) is 89.5 Å². The zero-order chi connectivity index (χ0) is 29.0. The number of pyridine rings is 1. The molecule has 1 fully saturated rings. The topological polar surface area (TPSA) is 75.6 Å². The number of aryl methyl sites for hydroxylation is 1. The van der Waals surface area contributed by atoms with Gasteiger partial charge in [0.05, 0.1) is 35.2 Å². The Morgan fingerprint density at radius 2 is 1.79 bits per heavy atom. The maximum absolute atomic E-state index is 5.59. The van der Waals surface area contributed by atoms with Crippen molar-refractivity contribution < 1.29 is 4.74 Å². The molecule has 5 heterocycles. The lowest BCUT2D eigenvalue weighted by atomic mass is 9.95. The van der Waals surface area contributed by atoms with E-state index in [0.717, 1.165) is 69.8 Å². The van der Waals surface area contributed by atoms with E-state index in [0.29, 0.717) is 18.4 Å². The number of fused-ring (bicyclic) bond motifs is 2. The molecule has 1 aliphatic rings. The molecule has 0 bridgehead atoms. The van der Waals surface area contributed by atoms with Crippen LogP contribution in [0, 0.1) is 13.8 Å². The molecule has 2 atom stereocenters. The largest absolute Gasteiger partial charge is 0.379 e. The molecule has 0 amide bonds. The third-order valence-corrected chi connectivity index (χ3v) is 8.61. The van der Waals surface area contributed by atoms with Crippen LogP contribution in [0.5, 0.6) is 0 Å². The highest BCUT2D eigenvalue weighted by atomic mass is 16.5. The highest BCUT2D eigenvalue weighted by molar-refractivity contribution is 5.94. The monoisotopic (exact) mass is 559 g/mol. The van der Waals surface area contributed by atoms with Crippen LogP contribution in [0.15, 0.2) is 67.0 Å². The van der Waals surface area contributed by atoms with Crippen molar-refractivity contribution >= 4 is 21.9 Å². The molecule has 1 aliphatic heterocycles. The average molecular weight is 560 g/mol. The molecule has 6 aromatic rings. The fourth-order valence-corrected chi connectivity index (χ4v) is 6.38. The van der Waals surface area contributed by atoms with Crippen molar-refractivity contribution in [3.63, 3.8) is 0 Å².